The van der Waals surface area contributed by atoms with E-state index in [1.54, 1.807) is 29.2 Å². The molecule has 28 heavy (non-hydrogen) atoms. The Balaban J connectivity index is 1.71. The highest BCUT2D eigenvalue weighted by Crippen LogP contribution is 2.19. The third-order valence-corrected chi connectivity index (χ3v) is 5.42. The first-order valence-electron chi connectivity index (χ1n) is 9.83. The van der Waals surface area contributed by atoms with E-state index in [1.165, 1.54) is 11.1 Å². The van der Waals surface area contributed by atoms with Crippen LogP contribution < -0.4 is 0 Å². The number of carbonyl (C=O) groups excluding carboxylic acids is 2. The molecule has 0 saturated carbocycles. The van der Waals surface area contributed by atoms with Gasteiger partial charge in [-0.3, -0.25) is 9.59 Å². The van der Waals surface area contributed by atoms with Gasteiger partial charge in [0, 0.05) is 30.2 Å². The first-order valence-corrected chi connectivity index (χ1v) is 10.2. The van der Waals surface area contributed by atoms with E-state index in [9.17, 15) is 9.59 Å². The lowest BCUT2D eigenvalue weighted by Crippen LogP contribution is -2.45. The molecule has 0 fully saturated rings. The van der Waals surface area contributed by atoms with Crippen LogP contribution in [0, 0.1) is 5.92 Å². The first-order chi connectivity index (χ1) is 13.4. The zero-order valence-corrected chi connectivity index (χ0v) is 17.3. The van der Waals surface area contributed by atoms with Gasteiger partial charge in [-0.1, -0.05) is 49.7 Å². The molecule has 0 atom stereocenters. The molecule has 0 aliphatic carbocycles. The van der Waals surface area contributed by atoms with Gasteiger partial charge in [-0.15, -0.1) is 0 Å². The first kappa shape index (κ1) is 20.4. The SMILES string of the molecule is CC(C)CCN(CC(=O)N1CCc2ccccc2C1)C(=O)c1ccc(Cl)cc1. The second-order valence-electron chi connectivity index (χ2n) is 7.75. The Bertz CT molecular complexity index is 833. The maximum absolute atomic E-state index is 13.0. The minimum absolute atomic E-state index is 0.000530. The Morgan fingerprint density at radius 1 is 1.07 bits per heavy atom. The van der Waals surface area contributed by atoms with Crippen LogP contribution in [0.15, 0.2) is 48.5 Å². The van der Waals surface area contributed by atoms with Crippen molar-refractivity contribution < 1.29 is 9.59 Å². The van der Waals surface area contributed by atoms with Crippen molar-refractivity contribution >= 4 is 23.4 Å². The number of carbonyl (C=O) groups is 2. The lowest BCUT2D eigenvalue weighted by Gasteiger charge is -2.31. The standard InChI is InChI=1S/C23H27ClN2O2/c1-17(2)11-13-26(23(28)19-7-9-21(24)10-8-19)16-22(27)25-14-12-18-5-3-4-6-20(18)15-25/h3-10,17H,11-16H2,1-2H3. The van der Waals surface area contributed by atoms with Crippen molar-refractivity contribution in [1.29, 1.82) is 0 Å². The lowest BCUT2D eigenvalue weighted by atomic mass is 10.00. The maximum atomic E-state index is 13.0. The lowest BCUT2D eigenvalue weighted by molar-refractivity contribution is -0.132. The molecule has 4 nitrogen and oxygen atoms in total. The van der Waals surface area contributed by atoms with Crippen molar-refractivity contribution in [3.8, 4) is 0 Å². The molecular weight excluding hydrogens is 372 g/mol. The van der Waals surface area contributed by atoms with Crippen LogP contribution in [0.5, 0.6) is 0 Å². The fourth-order valence-corrected chi connectivity index (χ4v) is 3.54. The third-order valence-electron chi connectivity index (χ3n) is 5.16. The van der Waals surface area contributed by atoms with Crippen LogP contribution in [0.25, 0.3) is 0 Å². The summed E-state index contributed by atoms with van der Waals surface area (Å²) in [6, 6.07) is 15.1. The van der Waals surface area contributed by atoms with Gasteiger partial charge in [0.2, 0.25) is 5.91 Å². The number of halogens is 1. The Labute approximate surface area is 172 Å². The Kier molecular flexibility index (Phi) is 6.74. The fourth-order valence-electron chi connectivity index (χ4n) is 3.41. The molecule has 0 saturated heterocycles. The number of benzene rings is 2. The summed E-state index contributed by atoms with van der Waals surface area (Å²) in [5.74, 6) is 0.334. The fraction of sp³-hybridized carbons (Fsp3) is 0.391. The van der Waals surface area contributed by atoms with Crippen LogP contribution in [0.2, 0.25) is 5.02 Å². The summed E-state index contributed by atoms with van der Waals surface area (Å²) in [6.07, 6.45) is 1.72. The molecule has 2 aromatic rings. The molecule has 0 spiro atoms. The molecule has 148 valence electrons. The zero-order valence-electron chi connectivity index (χ0n) is 16.5. The molecule has 2 aromatic carbocycles. The second kappa shape index (κ2) is 9.24. The summed E-state index contributed by atoms with van der Waals surface area (Å²) in [5.41, 5.74) is 3.06. The third kappa shape index (κ3) is 5.14. The number of amides is 2. The Hall–Kier alpha value is -2.33. The van der Waals surface area contributed by atoms with Crippen molar-refractivity contribution in [2.45, 2.75) is 33.2 Å². The molecule has 0 bridgehead atoms. The molecule has 0 radical (unpaired) electrons. The van der Waals surface area contributed by atoms with Gasteiger partial charge in [-0.05, 0) is 54.2 Å². The zero-order chi connectivity index (χ0) is 20.1. The Morgan fingerprint density at radius 2 is 1.75 bits per heavy atom. The molecule has 5 heteroatoms. The normalized spacial score (nSPS) is 13.4. The molecule has 3 rings (SSSR count). The molecule has 0 N–H and O–H groups in total. The summed E-state index contributed by atoms with van der Waals surface area (Å²) in [7, 11) is 0. The number of hydrogen-bond donors (Lipinski definition) is 0. The number of nitrogens with zero attached hydrogens (tertiary/aromatic N) is 2. The number of fused-ring (bicyclic) bond motifs is 1. The van der Waals surface area contributed by atoms with Crippen LogP contribution >= 0.6 is 11.6 Å². The van der Waals surface area contributed by atoms with Crippen molar-refractivity contribution in [1.82, 2.24) is 9.80 Å². The van der Waals surface area contributed by atoms with Gasteiger partial charge in [0.05, 0.1) is 0 Å². The van der Waals surface area contributed by atoms with E-state index in [-0.39, 0.29) is 18.4 Å². The largest absolute Gasteiger partial charge is 0.336 e. The van der Waals surface area contributed by atoms with E-state index < -0.39 is 0 Å². The minimum atomic E-state index is -0.122. The monoisotopic (exact) mass is 398 g/mol. The van der Waals surface area contributed by atoms with Gasteiger partial charge in [0.25, 0.3) is 5.91 Å². The smallest absolute Gasteiger partial charge is 0.254 e. The van der Waals surface area contributed by atoms with Crippen LogP contribution in [0.1, 0.15) is 41.8 Å². The van der Waals surface area contributed by atoms with Gasteiger partial charge in [0.15, 0.2) is 0 Å². The second-order valence-corrected chi connectivity index (χ2v) is 8.19. The highest BCUT2D eigenvalue weighted by Gasteiger charge is 2.25. The quantitative estimate of drug-likeness (QED) is 0.723. The molecular formula is C23H27ClN2O2. The predicted octanol–water partition coefficient (Wildman–Crippen LogP) is 4.41. The van der Waals surface area contributed by atoms with Gasteiger partial charge >= 0.3 is 0 Å². The van der Waals surface area contributed by atoms with E-state index in [2.05, 4.69) is 26.0 Å². The van der Waals surface area contributed by atoms with Crippen molar-refractivity contribution in [2.75, 3.05) is 19.6 Å². The van der Waals surface area contributed by atoms with E-state index in [4.69, 9.17) is 11.6 Å². The maximum Gasteiger partial charge on any atom is 0.254 e. The average Bonchev–Trinajstić information content (AvgIpc) is 2.70. The molecule has 1 aliphatic rings. The van der Waals surface area contributed by atoms with E-state index >= 15 is 0 Å². The topological polar surface area (TPSA) is 40.6 Å². The summed E-state index contributed by atoms with van der Waals surface area (Å²) in [4.78, 5) is 29.5. The predicted molar refractivity (Wildman–Crippen MR) is 112 cm³/mol. The van der Waals surface area contributed by atoms with Crippen LogP contribution in [-0.2, 0) is 17.8 Å². The highest BCUT2D eigenvalue weighted by molar-refractivity contribution is 6.30. The van der Waals surface area contributed by atoms with Gasteiger partial charge < -0.3 is 9.80 Å². The Morgan fingerprint density at radius 3 is 2.43 bits per heavy atom. The number of hydrogen-bond acceptors (Lipinski definition) is 2. The molecule has 0 aromatic heterocycles. The molecule has 2 amide bonds. The van der Waals surface area contributed by atoms with Crippen LogP contribution in [-0.4, -0.2) is 41.2 Å². The highest BCUT2D eigenvalue weighted by atomic mass is 35.5. The van der Waals surface area contributed by atoms with Crippen LogP contribution in [0.4, 0.5) is 0 Å². The van der Waals surface area contributed by atoms with Crippen molar-refractivity contribution in [3.63, 3.8) is 0 Å². The van der Waals surface area contributed by atoms with Crippen molar-refractivity contribution in [3.05, 3.63) is 70.2 Å². The van der Waals surface area contributed by atoms with Gasteiger partial charge in [-0.2, -0.15) is 0 Å². The van der Waals surface area contributed by atoms with Crippen molar-refractivity contribution in [2.24, 2.45) is 5.92 Å². The summed E-state index contributed by atoms with van der Waals surface area (Å²) in [5, 5.41) is 0.591. The minimum Gasteiger partial charge on any atom is -0.336 e. The van der Waals surface area contributed by atoms with Crippen LogP contribution in [0.3, 0.4) is 0 Å². The van der Waals surface area contributed by atoms with Gasteiger partial charge in [0.1, 0.15) is 6.54 Å². The summed E-state index contributed by atoms with van der Waals surface area (Å²) >= 11 is 5.94. The molecule has 1 heterocycles. The van der Waals surface area contributed by atoms with E-state index in [0.29, 0.717) is 36.1 Å². The molecule has 0 unspecified atom stereocenters. The van der Waals surface area contributed by atoms with Gasteiger partial charge in [-0.25, -0.2) is 0 Å². The van der Waals surface area contributed by atoms with E-state index in [1.807, 2.05) is 17.0 Å². The number of rotatable bonds is 6. The summed E-state index contributed by atoms with van der Waals surface area (Å²) in [6.45, 7) is 6.22. The van der Waals surface area contributed by atoms with E-state index in [0.717, 1.165) is 12.8 Å². The summed E-state index contributed by atoms with van der Waals surface area (Å²) < 4.78 is 0. The average molecular weight is 399 g/mol. The molecule has 1 aliphatic heterocycles.